The highest BCUT2D eigenvalue weighted by molar-refractivity contribution is 5.81. The topological polar surface area (TPSA) is 66.8 Å². The van der Waals surface area contributed by atoms with Gasteiger partial charge in [-0.05, 0) is 39.2 Å². The van der Waals surface area contributed by atoms with E-state index >= 15 is 0 Å². The molecular formula is C17H23NO4. The molecule has 120 valence electrons. The number of carbonyl (C=O) groups is 2. The third-order valence-electron chi connectivity index (χ3n) is 3.74. The van der Waals surface area contributed by atoms with E-state index in [4.69, 9.17) is 4.74 Å². The molecule has 1 N–H and O–H groups in total. The van der Waals surface area contributed by atoms with Gasteiger partial charge in [0.15, 0.2) is 0 Å². The summed E-state index contributed by atoms with van der Waals surface area (Å²) in [7, 11) is 0. The lowest BCUT2D eigenvalue weighted by molar-refractivity contribution is -0.145. The molecule has 1 aliphatic rings. The third kappa shape index (κ3) is 3.78. The average molecular weight is 305 g/mol. The Labute approximate surface area is 130 Å². The Kier molecular flexibility index (Phi) is 4.74. The molecule has 1 heterocycles. The van der Waals surface area contributed by atoms with E-state index in [-0.39, 0.29) is 5.92 Å². The van der Waals surface area contributed by atoms with Gasteiger partial charge in [0.2, 0.25) is 0 Å². The second-order valence-electron chi connectivity index (χ2n) is 6.62. The Morgan fingerprint density at radius 2 is 1.86 bits per heavy atom. The van der Waals surface area contributed by atoms with Gasteiger partial charge in [-0.25, -0.2) is 9.59 Å². The maximum absolute atomic E-state index is 12.3. The van der Waals surface area contributed by atoms with E-state index in [1.54, 1.807) is 20.8 Å². The number of hydrogen-bond donors (Lipinski definition) is 1. The van der Waals surface area contributed by atoms with Crippen molar-refractivity contribution < 1.29 is 19.4 Å². The Balaban J connectivity index is 2.27. The zero-order chi connectivity index (χ0) is 16.3. The molecule has 1 aromatic carbocycles. The maximum atomic E-state index is 12.3. The van der Waals surface area contributed by atoms with Crippen LogP contribution < -0.4 is 0 Å². The van der Waals surface area contributed by atoms with Crippen LogP contribution in [0.5, 0.6) is 0 Å². The van der Waals surface area contributed by atoms with E-state index in [1.165, 1.54) is 4.90 Å². The largest absolute Gasteiger partial charge is 0.480 e. The summed E-state index contributed by atoms with van der Waals surface area (Å²) in [5.41, 5.74) is 0.308. The van der Waals surface area contributed by atoms with Crippen molar-refractivity contribution in [2.45, 2.75) is 51.2 Å². The minimum absolute atomic E-state index is 0.208. The standard InChI is InChI=1S/C17H23NO4/c1-17(2,3)22-16(21)18-11-7-10-13(14(18)15(19)20)12-8-5-4-6-9-12/h4-6,8-9,13-14H,7,10-11H2,1-3H3,(H,19,20)/t13-,14-/m1/s1. The van der Waals surface area contributed by atoms with Gasteiger partial charge in [0.05, 0.1) is 0 Å². The first-order valence-electron chi connectivity index (χ1n) is 7.57. The first-order valence-corrected chi connectivity index (χ1v) is 7.57. The number of amides is 1. The lowest BCUT2D eigenvalue weighted by Crippen LogP contribution is -2.53. The molecule has 0 saturated carbocycles. The molecule has 0 bridgehead atoms. The molecule has 1 aromatic rings. The normalized spacial score (nSPS) is 22.2. The molecular weight excluding hydrogens is 282 g/mol. The summed E-state index contributed by atoms with van der Waals surface area (Å²) in [6.07, 6.45) is 0.962. The Hall–Kier alpha value is -2.04. The maximum Gasteiger partial charge on any atom is 0.411 e. The molecule has 5 nitrogen and oxygen atoms in total. The fraction of sp³-hybridized carbons (Fsp3) is 0.529. The number of aliphatic carboxylic acids is 1. The van der Waals surface area contributed by atoms with Crippen LogP contribution in [-0.2, 0) is 9.53 Å². The van der Waals surface area contributed by atoms with Crippen LogP contribution in [0.4, 0.5) is 4.79 Å². The zero-order valence-electron chi connectivity index (χ0n) is 13.3. The van der Waals surface area contributed by atoms with Gasteiger partial charge in [-0.15, -0.1) is 0 Å². The molecule has 0 spiro atoms. The van der Waals surface area contributed by atoms with Gasteiger partial charge in [0, 0.05) is 12.5 Å². The fourth-order valence-electron chi connectivity index (χ4n) is 2.88. The number of benzene rings is 1. The molecule has 0 radical (unpaired) electrons. The van der Waals surface area contributed by atoms with Crippen molar-refractivity contribution >= 4 is 12.1 Å². The van der Waals surface area contributed by atoms with Crippen molar-refractivity contribution in [1.82, 2.24) is 4.90 Å². The summed E-state index contributed by atoms with van der Waals surface area (Å²) in [5.74, 6) is -1.20. The van der Waals surface area contributed by atoms with Crippen LogP contribution in [0.2, 0.25) is 0 Å². The highest BCUT2D eigenvalue weighted by Crippen LogP contribution is 2.33. The lowest BCUT2D eigenvalue weighted by Gasteiger charge is -2.39. The summed E-state index contributed by atoms with van der Waals surface area (Å²) < 4.78 is 5.37. The van der Waals surface area contributed by atoms with Crippen LogP contribution in [0, 0.1) is 0 Å². The van der Waals surface area contributed by atoms with Crippen LogP contribution in [-0.4, -0.2) is 40.3 Å². The van der Waals surface area contributed by atoms with Gasteiger partial charge in [0.25, 0.3) is 0 Å². The van der Waals surface area contributed by atoms with Crippen molar-refractivity contribution in [2.24, 2.45) is 0 Å². The Morgan fingerprint density at radius 1 is 1.23 bits per heavy atom. The van der Waals surface area contributed by atoms with Crippen molar-refractivity contribution in [3.8, 4) is 0 Å². The van der Waals surface area contributed by atoms with Crippen LogP contribution in [0.15, 0.2) is 30.3 Å². The molecule has 2 rings (SSSR count). The molecule has 22 heavy (non-hydrogen) atoms. The lowest BCUT2D eigenvalue weighted by atomic mass is 9.83. The molecule has 5 heteroatoms. The predicted molar refractivity (Wildman–Crippen MR) is 82.8 cm³/mol. The van der Waals surface area contributed by atoms with E-state index in [0.29, 0.717) is 6.54 Å². The number of carboxylic acids is 1. The van der Waals surface area contributed by atoms with E-state index in [0.717, 1.165) is 18.4 Å². The fourth-order valence-corrected chi connectivity index (χ4v) is 2.88. The monoisotopic (exact) mass is 305 g/mol. The summed E-state index contributed by atoms with van der Waals surface area (Å²) in [6.45, 7) is 5.74. The van der Waals surface area contributed by atoms with Gasteiger partial charge in [-0.1, -0.05) is 30.3 Å². The molecule has 0 aliphatic carbocycles. The van der Waals surface area contributed by atoms with Gasteiger partial charge < -0.3 is 9.84 Å². The number of nitrogens with zero attached hydrogens (tertiary/aromatic N) is 1. The summed E-state index contributed by atoms with van der Waals surface area (Å²) >= 11 is 0. The smallest absolute Gasteiger partial charge is 0.411 e. The SMILES string of the molecule is CC(C)(C)OC(=O)N1CCC[C@H](c2ccccc2)[C@@H]1C(=O)O. The van der Waals surface area contributed by atoms with Crippen molar-refractivity contribution in [1.29, 1.82) is 0 Å². The molecule has 1 amide bonds. The minimum atomic E-state index is -0.987. The number of piperidine rings is 1. The number of hydrogen-bond acceptors (Lipinski definition) is 3. The van der Waals surface area contributed by atoms with Crippen LogP contribution in [0.1, 0.15) is 45.1 Å². The first kappa shape index (κ1) is 16.3. The highest BCUT2D eigenvalue weighted by Gasteiger charge is 2.41. The number of carboxylic acid groups (broad SMARTS) is 1. The van der Waals surface area contributed by atoms with Gasteiger partial charge in [-0.3, -0.25) is 4.90 Å². The van der Waals surface area contributed by atoms with Crippen molar-refractivity contribution in [2.75, 3.05) is 6.54 Å². The van der Waals surface area contributed by atoms with E-state index in [2.05, 4.69) is 0 Å². The molecule has 1 fully saturated rings. The number of rotatable bonds is 2. The highest BCUT2D eigenvalue weighted by atomic mass is 16.6. The summed E-state index contributed by atoms with van der Waals surface area (Å²) in [5, 5.41) is 9.64. The van der Waals surface area contributed by atoms with Crippen molar-refractivity contribution in [3.63, 3.8) is 0 Å². The molecule has 1 saturated heterocycles. The molecule has 0 aromatic heterocycles. The third-order valence-corrected chi connectivity index (χ3v) is 3.74. The van der Waals surface area contributed by atoms with E-state index < -0.39 is 23.7 Å². The molecule has 1 aliphatic heterocycles. The number of ether oxygens (including phenoxy) is 1. The first-order chi connectivity index (χ1) is 10.3. The average Bonchev–Trinajstić information content (AvgIpc) is 2.45. The molecule has 2 atom stereocenters. The summed E-state index contributed by atoms with van der Waals surface area (Å²) in [4.78, 5) is 25.5. The number of carbonyl (C=O) groups excluding carboxylic acids is 1. The predicted octanol–water partition coefficient (Wildman–Crippen LogP) is 3.25. The zero-order valence-corrected chi connectivity index (χ0v) is 13.3. The minimum Gasteiger partial charge on any atom is -0.480 e. The van der Waals surface area contributed by atoms with Crippen molar-refractivity contribution in [3.05, 3.63) is 35.9 Å². The van der Waals surface area contributed by atoms with Crippen LogP contribution in [0.25, 0.3) is 0 Å². The molecule has 0 unspecified atom stereocenters. The van der Waals surface area contributed by atoms with E-state index in [1.807, 2.05) is 30.3 Å². The Bertz CT molecular complexity index is 535. The second kappa shape index (κ2) is 6.38. The van der Waals surface area contributed by atoms with E-state index in [9.17, 15) is 14.7 Å². The van der Waals surface area contributed by atoms with Gasteiger partial charge >= 0.3 is 12.1 Å². The number of likely N-dealkylation sites (tertiary alicyclic amines) is 1. The van der Waals surface area contributed by atoms with Crippen LogP contribution in [0.3, 0.4) is 0 Å². The second-order valence-corrected chi connectivity index (χ2v) is 6.62. The van der Waals surface area contributed by atoms with Crippen LogP contribution >= 0.6 is 0 Å². The van der Waals surface area contributed by atoms with Gasteiger partial charge in [0.1, 0.15) is 11.6 Å². The quantitative estimate of drug-likeness (QED) is 0.910. The summed E-state index contributed by atoms with van der Waals surface area (Å²) in [6, 6.07) is 8.62. The van der Waals surface area contributed by atoms with Gasteiger partial charge in [-0.2, -0.15) is 0 Å². The Morgan fingerprint density at radius 3 is 2.41 bits per heavy atom.